The smallest absolute Gasteiger partial charge is 0.325 e. The van der Waals surface area contributed by atoms with Crippen LogP contribution >= 0.6 is 0 Å². The second-order valence-corrected chi connectivity index (χ2v) is 4.43. The molecule has 2 heterocycles. The summed E-state index contributed by atoms with van der Waals surface area (Å²) in [7, 11) is 1.67. The molecule has 0 radical (unpaired) electrons. The Morgan fingerprint density at radius 2 is 2.06 bits per heavy atom. The van der Waals surface area contributed by atoms with Gasteiger partial charge in [-0.2, -0.15) is 0 Å². The number of guanidine groups is 1. The molecule has 18 heavy (non-hydrogen) atoms. The van der Waals surface area contributed by atoms with E-state index in [4.69, 9.17) is 0 Å². The molecule has 2 aliphatic rings. The normalized spacial score (nSPS) is 29.4. The van der Waals surface area contributed by atoms with Crippen LogP contribution in [0.2, 0.25) is 0 Å². The van der Waals surface area contributed by atoms with Crippen LogP contribution in [0, 0.1) is 0 Å². The Morgan fingerprint density at radius 1 is 1.33 bits per heavy atom. The van der Waals surface area contributed by atoms with Crippen molar-refractivity contribution in [2.24, 2.45) is 4.99 Å². The molecule has 2 atom stereocenters. The van der Waals surface area contributed by atoms with Gasteiger partial charge in [0, 0.05) is 20.1 Å². The van der Waals surface area contributed by atoms with Crippen molar-refractivity contribution in [3.05, 3.63) is 0 Å². The van der Waals surface area contributed by atoms with Gasteiger partial charge in [0.05, 0.1) is 0 Å². The second-order valence-electron chi connectivity index (χ2n) is 4.43. The Balaban J connectivity index is 2.27. The minimum absolute atomic E-state index is 0.265. The highest BCUT2D eigenvalue weighted by Crippen LogP contribution is 2.19. The lowest BCUT2D eigenvalue weighted by Gasteiger charge is -2.34. The first kappa shape index (κ1) is 12.7. The van der Waals surface area contributed by atoms with Crippen LogP contribution in [-0.2, 0) is 4.79 Å². The van der Waals surface area contributed by atoms with E-state index in [1.807, 2.05) is 18.7 Å². The van der Waals surface area contributed by atoms with E-state index >= 15 is 0 Å². The standard InChI is InChI=1S/C11H19N5O2/c1-4-6-12-10-13-8-7(16(10)5-2)9(17)14-11(18)15(8)3/h7-8H,4-6H2,1-3H3,(H,12,13)(H,14,17,18). The third-order valence-corrected chi connectivity index (χ3v) is 3.25. The largest absolute Gasteiger partial charge is 0.334 e. The van der Waals surface area contributed by atoms with Gasteiger partial charge in [-0.3, -0.25) is 15.1 Å². The molecule has 7 heteroatoms. The average molecular weight is 253 g/mol. The molecule has 0 spiro atoms. The molecule has 2 aliphatic heterocycles. The summed E-state index contributed by atoms with van der Waals surface area (Å²) in [5, 5.41) is 5.51. The zero-order valence-electron chi connectivity index (χ0n) is 10.9. The van der Waals surface area contributed by atoms with Gasteiger partial charge >= 0.3 is 6.03 Å². The summed E-state index contributed by atoms with van der Waals surface area (Å²) in [6, 6.07) is -0.769. The van der Waals surface area contributed by atoms with Crippen LogP contribution in [0.25, 0.3) is 0 Å². The van der Waals surface area contributed by atoms with Crippen LogP contribution in [0.1, 0.15) is 20.3 Å². The van der Waals surface area contributed by atoms with E-state index in [1.165, 1.54) is 4.90 Å². The number of rotatable bonds is 3. The molecule has 0 saturated carbocycles. The predicted molar refractivity (Wildman–Crippen MR) is 67.0 cm³/mol. The van der Waals surface area contributed by atoms with Crippen LogP contribution in [0.4, 0.5) is 4.79 Å². The molecule has 2 rings (SSSR count). The number of fused-ring (bicyclic) bond motifs is 1. The van der Waals surface area contributed by atoms with Crippen molar-refractivity contribution in [2.45, 2.75) is 32.5 Å². The molecule has 7 nitrogen and oxygen atoms in total. The Labute approximate surface area is 106 Å². The fourth-order valence-corrected chi connectivity index (χ4v) is 2.28. The third kappa shape index (κ3) is 1.89. The summed E-state index contributed by atoms with van der Waals surface area (Å²) in [5.41, 5.74) is 0. The number of imide groups is 1. The summed E-state index contributed by atoms with van der Waals surface area (Å²) in [6.07, 6.45) is 0.612. The first-order valence-electron chi connectivity index (χ1n) is 6.25. The van der Waals surface area contributed by atoms with E-state index < -0.39 is 6.04 Å². The van der Waals surface area contributed by atoms with E-state index in [2.05, 4.69) is 15.6 Å². The lowest BCUT2D eigenvalue weighted by molar-refractivity contribution is -0.127. The number of hydrogen-bond donors (Lipinski definition) is 2. The number of carbonyl (C=O) groups excluding carboxylic acids is 2. The molecule has 0 aromatic carbocycles. The molecule has 100 valence electrons. The number of aliphatic imine (C=N–C) groups is 1. The summed E-state index contributed by atoms with van der Waals surface area (Å²) in [4.78, 5) is 31.3. The number of likely N-dealkylation sites (N-methyl/N-ethyl adjacent to an activating group) is 2. The Kier molecular flexibility index (Phi) is 3.40. The van der Waals surface area contributed by atoms with Gasteiger partial charge in [-0.15, -0.1) is 0 Å². The van der Waals surface area contributed by atoms with Gasteiger partial charge in [0.2, 0.25) is 0 Å². The molecule has 2 saturated heterocycles. The van der Waals surface area contributed by atoms with Gasteiger partial charge in [0.15, 0.2) is 12.0 Å². The Hall–Kier alpha value is -1.79. The van der Waals surface area contributed by atoms with Crippen molar-refractivity contribution in [3.63, 3.8) is 0 Å². The molecule has 2 N–H and O–H groups in total. The fraction of sp³-hybridized carbons (Fsp3) is 0.727. The lowest BCUT2D eigenvalue weighted by Crippen LogP contribution is -2.64. The maximum Gasteiger partial charge on any atom is 0.325 e. The number of hydrogen-bond acceptors (Lipinski definition) is 3. The van der Waals surface area contributed by atoms with Gasteiger partial charge in [-0.25, -0.2) is 4.79 Å². The van der Waals surface area contributed by atoms with Gasteiger partial charge in [0.25, 0.3) is 5.91 Å². The number of nitrogens with zero attached hydrogens (tertiary/aromatic N) is 3. The van der Waals surface area contributed by atoms with Gasteiger partial charge in [-0.05, 0) is 13.3 Å². The highest BCUT2D eigenvalue weighted by molar-refractivity contribution is 6.04. The van der Waals surface area contributed by atoms with Crippen LogP contribution in [0.5, 0.6) is 0 Å². The van der Waals surface area contributed by atoms with Crippen molar-refractivity contribution in [3.8, 4) is 0 Å². The number of urea groups is 1. The van der Waals surface area contributed by atoms with Crippen molar-refractivity contribution in [1.82, 2.24) is 20.4 Å². The molecule has 3 amide bonds. The van der Waals surface area contributed by atoms with Gasteiger partial charge in [0.1, 0.15) is 6.17 Å². The van der Waals surface area contributed by atoms with Crippen molar-refractivity contribution >= 4 is 17.9 Å². The number of carbonyl (C=O) groups is 2. The minimum Gasteiger partial charge on any atom is -0.334 e. The van der Waals surface area contributed by atoms with E-state index in [0.29, 0.717) is 19.0 Å². The zero-order chi connectivity index (χ0) is 13.3. The molecular weight excluding hydrogens is 234 g/mol. The van der Waals surface area contributed by atoms with Crippen molar-refractivity contribution in [1.29, 1.82) is 0 Å². The summed E-state index contributed by atoms with van der Waals surface area (Å²) in [6.45, 7) is 5.39. The minimum atomic E-state index is -0.395. The lowest BCUT2D eigenvalue weighted by atomic mass is 10.1. The van der Waals surface area contributed by atoms with E-state index in [0.717, 1.165) is 6.42 Å². The fourth-order valence-electron chi connectivity index (χ4n) is 2.28. The van der Waals surface area contributed by atoms with E-state index in [-0.39, 0.29) is 18.1 Å². The maximum absolute atomic E-state index is 11.9. The molecule has 0 aliphatic carbocycles. The van der Waals surface area contributed by atoms with Crippen LogP contribution in [-0.4, -0.2) is 60.0 Å². The first-order chi connectivity index (χ1) is 8.60. The summed E-state index contributed by atoms with van der Waals surface area (Å²) >= 11 is 0. The molecule has 0 aromatic rings. The van der Waals surface area contributed by atoms with Crippen molar-refractivity contribution in [2.75, 3.05) is 20.1 Å². The van der Waals surface area contributed by atoms with E-state index in [1.54, 1.807) is 7.05 Å². The zero-order valence-corrected chi connectivity index (χ0v) is 10.9. The Morgan fingerprint density at radius 3 is 2.67 bits per heavy atom. The molecule has 2 fully saturated rings. The third-order valence-electron chi connectivity index (χ3n) is 3.25. The highest BCUT2D eigenvalue weighted by Gasteiger charge is 2.49. The second kappa shape index (κ2) is 4.83. The Bertz CT molecular complexity index is 395. The average Bonchev–Trinajstić information content (AvgIpc) is 2.72. The number of amides is 3. The molecule has 0 aromatic heterocycles. The van der Waals surface area contributed by atoms with Crippen molar-refractivity contribution < 1.29 is 9.59 Å². The maximum atomic E-state index is 11.9. The molecule has 2 unspecified atom stereocenters. The summed E-state index contributed by atoms with van der Waals surface area (Å²) in [5.74, 6) is 0.435. The van der Waals surface area contributed by atoms with E-state index in [9.17, 15) is 9.59 Å². The monoisotopic (exact) mass is 253 g/mol. The molecular formula is C11H19N5O2. The van der Waals surface area contributed by atoms with Gasteiger partial charge in [-0.1, -0.05) is 6.92 Å². The SMILES string of the molecule is CCCN=C1NC2C(C(=O)NC(=O)N2C)N1CC. The quantitative estimate of drug-likeness (QED) is 0.714. The highest BCUT2D eigenvalue weighted by atomic mass is 16.2. The molecule has 0 bridgehead atoms. The van der Waals surface area contributed by atoms with Crippen LogP contribution < -0.4 is 10.6 Å². The topological polar surface area (TPSA) is 77.0 Å². The summed E-state index contributed by atoms with van der Waals surface area (Å²) < 4.78 is 0. The van der Waals surface area contributed by atoms with Crippen LogP contribution in [0.15, 0.2) is 4.99 Å². The van der Waals surface area contributed by atoms with Gasteiger partial charge < -0.3 is 15.1 Å². The first-order valence-corrected chi connectivity index (χ1v) is 6.25. The number of nitrogens with one attached hydrogen (secondary N) is 2. The van der Waals surface area contributed by atoms with Crippen LogP contribution in [0.3, 0.4) is 0 Å². The predicted octanol–water partition coefficient (Wildman–Crippen LogP) is -0.446.